The molecule has 2 rings (SSSR count). The summed E-state index contributed by atoms with van der Waals surface area (Å²) in [4.78, 5) is 0. The number of methoxy groups -OCH3 is 2. The van der Waals surface area contributed by atoms with Gasteiger partial charge in [0.25, 0.3) is 0 Å². The SMILES string of the molecule is COc1cc(Br)c(CNc2cc(F)ccc2C)cc1OC. The van der Waals surface area contributed by atoms with Crippen LogP contribution < -0.4 is 14.8 Å². The van der Waals surface area contributed by atoms with E-state index in [2.05, 4.69) is 21.2 Å². The zero-order valence-corrected chi connectivity index (χ0v) is 13.8. The normalized spacial score (nSPS) is 10.3. The molecule has 0 aliphatic heterocycles. The largest absolute Gasteiger partial charge is 0.493 e. The van der Waals surface area contributed by atoms with Gasteiger partial charge >= 0.3 is 0 Å². The number of benzene rings is 2. The number of hydrogen-bond donors (Lipinski definition) is 1. The van der Waals surface area contributed by atoms with E-state index < -0.39 is 0 Å². The Morgan fingerprint density at radius 3 is 2.43 bits per heavy atom. The zero-order chi connectivity index (χ0) is 15.4. The molecule has 0 amide bonds. The molecular formula is C16H17BrFNO2. The average molecular weight is 354 g/mol. The Morgan fingerprint density at radius 2 is 1.76 bits per heavy atom. The third-order valence-electron chi connectivity index (χ3n) is 3.22. The van der Waals surface area contributed by atoms with Crippen molar-refractivity contribution in [2.24, 2.45) is 0 Å². The first-order valence-electron chi connectivity index (χ1n) is 6.45. The summed E-state index contributed by atoms with van der Waals surface area (Å²) in [5.41, 5.74) is 2.76. The van der Waals surface area contributed by atoms with Crippen LogP contribution in [0.4, 0.5) is 10.1 Å². The van der Waals surface area contributed by atoms with Crippen molar-refractivity contribution in [2.45, 2.75) is 13.5 Å². The number of halogens is 2. The topological polar surface area (TPSA) is 30.5 Å². The molecule has 0 aromatic heterocycles. The van der Waals surface area contributed by atoms with Crippen LogP contribution in [0.2, 0.25) is 0 Å². The van der Waals surface area contributed by atoms with Gasteiger partial charge in [0.05, 0.1) is 14.2 Å². The monoisotopic (exact) mass is 353 g/mol. The van der Waals surface area contributed by atoms with Gasteiger partial charge in [0.2, 0.25) is 0 Å². The maximum atomic E-state index is 13.3. The first kappa shape index (κ1) is 15.6. The third-order valence-corrected chi connectivity index (χ3v) is 3.96. The van der Waals surface area contributed by atoms with Gasteiger partial charge in [0, 0.05) is 16.7 Å². The lowest BCUT2D eigenvalue weighted by molar-refractivity contribution is 0.354. The van der Waals surface area contributed by atoms with E-state index >= 15 is 0 Å². The van der Waals surface area contributed by atoms with Crippen molar-refractivity contribution in [3.8, 4) is 11.5 Å². The van der Waals surface area contributed by atoms with E-state index in [-0.39, 0.29) is 5.82 Å². The molecule has 0 spiro atoms. The summed E-state index contributed by atoms with van der Waals surface area (Å²) in [7, 11) is 3.19. The summed E-state index contributed by atoms with van der Waals surface area (Å²) in [5, 5.41) is 3.23. The van der Waals surface area contributed by atoms with Crippen LogP contribution in [0.5, 0.6) is 11.5 Å². The molecule has 0 unspecified atom stereocenters. The summed E-state index contributed by atoms with van der Waals surface area (Å²) in [6.07, 6.45) is 0. The van der Waals surface area contributed by atoms with Crippen molar-refractivity contribution >= 4 is 21.6 Å². The van der Waals surface area contributed by atoms with Crippen LogP contribution in [-0.2, 0) is 6.54 Å². The van der Waals surface area contributed by atoms with E-state index in [0.29, 0.717) is 18.0 Å². The molecule has 2 aromatic rings. The lowest BCUT2D eigenvalue weighted by Crippen LogP contribution is -2.03. The molecule has 0 saturated heterocycles. The minimum absolute atomic E-state index is 0.255. The van der Waals surface area contributed by atoms with Gasteiger partial charge in [-0.15, -0.1) is 0 Å². The van der Waals surface area contributed by atoms with E-state index in [1.165, 1.54) is 12.1 Å². The highest BCUT2D eigenvalue weighted by atomic mass is 79.9. The number of nitrogens with one attached hydrogen (secondary N) is 1. The second kappa shape index (κ2) is 6.80. The molecular weight excluding hydrogens is 337 g/mol. The summed E-state index contributed by atoms with van der Waals surface area (Å²) < 4.78 is 24.7. The molecule has 0 atom stereocenters. The molecule has 0 aliphatic rings. The van der Waals surface area contributed by atoms with Gasteiger partial charge in [-0.1, -0.05) is 22.0 Å². The summed E-state index contributed by atoms with van der Waals surface area (Å²) in [6, 6.07) is 8.44. The minimum Gasteiger partial charge on any atom is -0.493 e. The molecule has 0 saturated carbocycles. The minimum atomic E-state index is -0.255. The summed E-state index contributed by atoms with van der Waals surface area (Å²) >= 11 is 3.51. The standard InChI is InChI=1S/C16H17BrFNO2/c1-10-4-5-12(18)7-14(10)19-9-11-6-15(20-2)16(21-3)8-13(11)17/h4-8,19H,9H2,1-3H3. The van der Waals surface area contributed by atoms with Crippen LogP contribution in [-0.4, -0.2) is 14.2 Å². The maximum Gasteiger partial charge on any atom is 0.161 e. The number of rotatable bonds is 5. The number of aryl methyl sites for hydroxylation is 1. The molecule has 112 valence electrons. The maximum absolute atomic E-state index is 13.3. The Hall–Kier alpha value is -1.75. The molecule has 1 N–H and O–H groups in total. The van der Waals surface area contributed by atoms with Gasteiger partial charge in [-0.3, -0.25) is 0 Å². The van der Waals surface area contributed by atoms with Crippen molar-refractivity contribution in [3.05, 3.63) is 51.7 Å². The lowest BCUT2D eigenvalue weighted by atomic mass is 10.1. The second-order valence-electron chi connectivity index (χ2n) is 4.61. The molecule has 3 nitrogen and oxygen atoms in total. The predicted octanol–water partition coefficient (Wildman–Crippen LogP) is 4.53. The van der Waals surface area contributed by atoms with Crippen molar-refractivity contribution in [3.63, 3.8) is 0 Å². The Kier molecular flexibility index (Phi) is 5.07. The number of hydrogen-bond acceptors (Lipinski definition) is 3. The lowest BCUT2D eigenvalue weighted by Gasteiger charge is -2.14. The Morgan fingerprint density at radius 1 is 1.10 bits per heavy atom. The number of ether oxygens (including phenoxy) is 2. The Balaban J connectivity index is 2.21. The zero-order valence-electron chi connectivity index (χ0n) is 12.2. The fourth-order valence-electron chi connectivity index (χ4n) is 2.01. The molecule has 0 aliphatic carbocycles. The van der Waals surface area contributed by atoms with Gasteiger partial charge in [0.1, 0.15) is 5.82 Å². The van der Waals surface area contributed by atoms with Crippen molar-refractivity contribution < 1.29 is 13.9 Å². The molecule has 2 aromatic carbocycles. The fraction of sp³-hybridized carbons (Fsp3) is 0.250. The van der Waals surface area contributed by atoms with E-state index in [0.717, 1.165) is 21.3 Å². The summed E-state index contributed by atoms with van der Waals surface area (Å²) in [5.74, 6) is 1.07. The molecule has 21 heavy (non-hydrogen) atoms. The fourth-order valence-corrected chi connectivity index (χ4v) is 2.47. The van der Waals surface area contributed by atoms with Crippen LogP contribution in [0.25, 0.3) is 0 Å². The number of anilines is 1. The van der Waals surface area contributed by atoms with E-state index in [4.69, 9.17) is 9.47 Å². The van der Waals surface area contributed by atoms with Crippen LogP contribution >= 0.6 is 15.9 Å². The first-order valence-corrected chi connectivity index (χ1v) is 7.25. The van der Waals surface area contributed by atoms with E-state index in [9.17, 15) is 4.39 Å². The second-order valence-corrected chi connectivity index (χ2v) is 5.47. The quantitative estimate of drug-likeness (QED) is 0.856. The molecule has 0 bridgehead atoms. The smallest absolute Gasteiger partial charge is 0.161 e. The van der Waals surface area contributed by atoms with E-state index in [1.54, 1.807) is 20.3 Å². The highest BCUT2D eigenvalue weighted by Crippen LogP contribution is 2.33. The molecule has 0 fully saturated rings. The first-order chi connectivity index (χ1) is 10.0. The van der Waals surface area contributed by atoms with Gasteiger partial charge in [-0.05, 0) is 42.3 Å². The van der Waals surface area contributed by atoms with Gasteiger partial charge in [-0.2, -0.15) is 0 Å². The average Bonchev–Trinajstić information content (AvgIpc) is 2.48. The van der Waals surface area contributed by atoms with Crippen LogP contribution in [0.3, 0.4) is 0 Å². The molecule has 0 radical (unpaired) electrons. The van der Waals surface area contributed by atoms with Gasteiger partial charge in [-0.25, -0.2) is 4.39 Å². The molecule has 0 heterocycles. The Labute approximate surface area is 132 Å². The predicted molar refractivity (Wildman–Crippen MR) is 85.7 cm³/mol. The highest BCUT2D eigenvalue weighted by molar-refractivity contribution is 9.10. The van der Waals surface area contributed by atoms with Crippen LogP contribution in [0, 0.1) is 12.7 Å². The molecule has 5 heteroatoms. The van der Waals surface area contributed by atoms with E-state index in [1.807, 2.05) is 19.1 Å². The van der Waals surface area contributed by atoms with Gasteiger partial charge in [0.15, 0.2) is 11.5 Å². The third kappa shape index (κ3) is 3.67. The summed E-state index contributed by atoms with van der Waals surface area (Å²) in [6.45, 7) is 2.48. The van der Waals surface area contributed by atoms with Crippen LogP contribution in [0.1, 0.15) is 11.1 Å². The van der Waals surface area contributed by atoms with Crippen molar-refractivity contribution in [2.75, 3.05) is 19.5 Å². The van der Waals surface area contributed by atoms with Crippen molar-refractivity contribution in [1.82, 2.24) is 0 Å². The van der Waals surface area contributed by atoms with Crippen LogP contribution in [0.15, 0.2) is 34.8 Å². The van der Waals surface area contributed by atoms with Gasteiger partial charge < -0.3 is 14.8 Å². The van der Waals surface area contributed by atoms with Crippen molar-refractivity contribution in [1.29, 1.82) is 0 Å². The Bertz CT molecular complexity index is 646. The highest BCUT2D eigenvalue weighted by Gasteiger charge is 2.10.